The molecule has 8 nitrogen and oxygen atoms in total. The largest absolute Gasteiger partial charge is 0.461 e. The molecule has 2 atom stereocenters. The van der Waals surface area contributed by atoms with E-state index in [0.717, 1.165) is 57.5 Å². The molecule has 236 valence electrons. The van der Waals surface area contributed by atoms with Crippen molar-refractivity contribution in [1.29, 1.82) is 0 Å². The van der Waals surface area contributed by atoms with E-state index in [2.05, 4.69) is 51.5 Å². The zero-order valence-electron chi connectivity index (χ0n) is 26.0. The molecule has 3 heterocycles. The third-order valence-electron chi connectivity index (χ3n) is 9.67. The molecule has 0 radical (unpaired) electrons. The van der Waals surface area contributed by atoms with Crippen molar-refractivity contribution in [3.63, 3.8) is 0 Å². The van der Waals surface area contributed by atoms with Crippen LogP contribution in [0.15, 0.2) is 91.0 Å². The molecule has 1 spiro atoms. The number of carbonyl (C=O) groups excluding carboxylic acids is 3. The molecule has 0 aliphatic carbocycles. The summed E-state index contributed by atoms with van der Waals surface area (Å²) in [5, 5.41) is 2.98. The van der Waals surface area contributed by atoms with E-state index in [1.807, 2.05) is 59.5 Å². The molecule has 2 amide bonds. The first-order valence-corrected chi connectivity index (χ1v) is 16.4. The molecule has 8 heteroatoms. The quantitative estimate of drug-likeness (QED) is 0.329. The molecule has 1 N–H and O–H groups in total. The van der Waals surface area contributed by atoms with Gasteiger partial charge in [0.25, 0.3) is 0 Å². The fraction of sp³-hybridized carbons (Fsp3) is 0.432. The molecule has 3 aromatic rings. The lowest BCUT2D eigenvalue weighted by molar-refractivity contribution is -0.167. The smallest absolute Gasteiger partial charge is 0.308 e. The number of hydrogen-bond donors (Lipinski definition) is 1. The second-order valence-corrected chi connectivity index (χ2v) is 12.7. The van der Waals surface area contributed by atoms with E-state index >= 15 is 0 Å². The minimum atomic E-state index is -0.918. The highest BCUT2D eigenvalue weighted by Crippen LogP contribution is 2.37. The van der Waals surface area contributed by atoms with Crippen molar-refractivity contribution < 1.29 is 19.1 Å². The number of likely N-dealkylation sites (tertiary alicyclic amines) is 2. The summed E-state index contributed by atoms with van der Waals surface area (Å²) in [6.07, 6.45) is 3.90. The molecule has 0 aromatic heterocycles. The molecule has 0 saturated carbocycles. The minimum absolute atomic E-state index is 0.0836. The van der Waals surface area contributed by atoms with E-state index in [1.165, 1.54) is 11.1 Å². The maximum Gasteiger partial charge on any atom is 0.308 e. The van der Waals surface area contributed by atoms with Gasteiger partial charge in [0.2, 0.25) is 11.8 Å². The monoisotopic (exact) mass is 608 g/mol. The van der Waals surface area contributed by atoms with Crippen LogP contribution in [0.2, 0.25) is 0 Å². The molecule has 6 rings (SSSR count). The van der Waals surface area contributed by atoms with E-state index in [1.54, 1.807) is 0 Å². The number of carbonyl (C=O) groups is 3. The van der Waals surface area contributed by atoms with Gasteiger partial charge in [-0.3, -0.25) is 19.3 Å². The number of nitrogens with zero attached hydrogens (tertiary/aromatic N) is 3. The fourth-order valence-electron chi connectivity index (χ4n) is 7.25. The van der Waals surface area contributed by atoms with Crippen molar-refractivity contribution >= 4 is 17.8 Å². The van der Waals surface area contributed by atoms with E-state index in [-0.39, 0.29) is 30.9 Å². The molecule has 45 heavy (non-hydrogen) atoms. The van der Waals surface area contributed by atoms with Crippen LogP contribution in [0.5, 0.6) is 0 Å². The Kier molecular flexibility index (Phi) is 9.91. The third-order valence-corrected chi connectivity index (χ3v) is 9.67. The van der Waals surface area contributed by atoms with Gasteiger partial charge in [0.15, 0.2) is 0 Å². The molecule has 3 saturated heterocycles. The Bertz CT molecular complexity index is 1430. The molecule has 3 aromatic carbocycles. The average Bonchev–Trinajstić information content (AvgIpc) is 3.52. The lowest BCUT2D eigenvalue weighted by atomic mass is 9.80. The number of hydrogen-bond acceptors (Lipinski definition) is 6. The Labute approximate surface area is 266 Å². The highest BCUT2D eigenvalue weighted by atomic mass is 16.5. The van der Waals surface area contributed by atoms with Crippen LogP contribution < -0.4 is 5.32 Å². The molecule has 3 aliphatic rings. The van der Waals surface area contributed by atoms with Crippen molar-refractivity contribution in [1.82, 2.24) is 20.0 Å². The predicted octanol–water partition coefficient (Wildman–Crippen LogP) is 4.19. The summed E-state index contributed by atoms with van der Waals surface area (Å²) in [6.45, 7) is 5.00. The molecular formula is C37H44N4O4. The van der Waals surface area contributed by atoms with Gasteiger partial charge in [-0.15, -0.1) is 0 Å². The van der Waals surface area contributed by atoms with E-state index in [9.17, 15) is 14.4 Å². The van der Waals surface area contributed by atoms with Crippen LogP contribution in [0.4, 0.5) is 0 Å². The maximum atomic E-state index is 14.3. The van der Waals surface area contributed by atoms with Gasteiger partial charge >= 0.3 is 5.97 Å². The lowest BCUT2D eigenvalue weighted by Gasteiger charge is -2.53. The topological polar surface area (TPSA) is 82.2 Å². The maximum absolute atomic E-state index is 14.3. The van der Waals surface area contributed by atoms with Crippen LogP contribution in [-0.4, -0.2) is 82.8 Å². The van der Waals surface area contributed by atoms with Crippen molar-refractivity contribution in [2.75, 3.05) is 32.7 Å². The SMILES string of the molecule is O=C(CC1NC(=O)C2(CCN(CCCc3ccccc3)CC2)N(C2CCN(Cc3ccccc3)C2)C1=O)OCc1ccccc1. The van der Waals surface area contributed by atoms with Crippen molar-refractivity contribution in [3.8, 4) is 0 Å². The zero-order valence-corrected chi connectivity index (χ0v) is 26.0. The Hall–Kier alpha value is -4.01. The van der Waals surface area contributed by atoms with Gasteiger partial charge in [-0.1, -0.05) is 91.0 Å². The van der Waals surface area contributed by atoms with Gasteiger partial charge in [-0.05, 0) is 55.3 Å². The summed E-state index contributed by atoms with van der Waals surface area (Å²) in [5.41, 5.74) is 2.55. The molecule has 3 aliphatic heterocycles. The van der Waals surface area contributed by atoms with E-state index < -0.39 is 17.6 Å². The Balaban J connectivity index is 1.13. The number of piperazine rings is 1. The first-order chi connectivity index (χ1) is 22.0. The molecule has 3 fully saturated rings. The molecular weight excluding hydrogens is 564 g/mol. The minimum Gasteiger partial charge on any atom is -0.461 e. The van der Waals surface area contributed by atoms with E-state index in [0.29, 0.717) is 19.4 Å². The van der Waals surface area contributed by atoms with Gasteiger partial charge in [0, 0.05) is 38.8 Å². The van der Waals surface area contributed by atoms with Crippen LogP contribution in [-0.2, 0) is 38.7 Å². The second-order valence-electron chi connectivity index (χ2n) is 12.7. The third kappa shape index (κ3) is 7.45. The standard InChI is InChI=1S/C37H44N4O4/c42-34(45-28-31-15-8-3-9-16-31)25-33-35(43)41(32-18-22-40(27-32)26-30-13-6-2-7-14-30)37(36(44)38-33)19-23-39(24-20-37)21-10-17-29-11-4-1-5-12-29/h1-9,11-16,32-33H,10,17-28H2,(H,38,44). The number of rotatable bonds is 11. The Morgan fingerprint density at radius 3 is 2.09 bits per heavy atom. The number of nitrogens with one attached hydrogen (secondary N) is 1. The summed E-state index contributed by atoms with van der Waals surface area (Å²) in [5.74, 6) is -0.775. The van der Waals surface area contributed by atoms with Gasteiger partial charge in [0.1, 0.15) is 18.2 Å². The predicted molar refractivity (Wildman–Crippen MR) is 173 cm³/mol. The average molecular weight is 609 g/mol. The van der Waals surface area contributed by atoms with Crippen molar-refractivity contribution in [2.45, 2.75) is 69.3 Å². The summed E-state index contributed by atoms with van der Waals surface area (Å²) in [4.78, 5) is 47.9. The second kappa shape index (κ2) is 14.4. The Morgan fingerprint density at radius 1 is 0.800 bits per heavy atom. The van der Waals surface area contributed by atoms with E-state index in [4.69, 9.17) is 4.74 Å². The van der Waals surface area contributed by atoms with Gasteiger partial charge < -0.3 is 19.9 Å². The summed E-state index contributed by atoms with van der Waals surface area (Å²) < 4.78 is 5.50. The number of benzene rings is 3. The van der Waals surface area contributed by atoms with Crippen LogP contribution in [0.3, 0.4) is 0 Å². The van der Waals surface area contributed by atoms with Crippen LogP contribution in [0.25, 0.3) is 0 Å². The lowest BCUT2D eigenvalue weighted by Crippen LogP contribution is -2.75. The summed E-state index contributed by atoms with van der Waals surface area (Å²) >= 11 is 0. The number of esters is 1. The van der Waals surface area contributed by atoms with Gasteiger partial charge in [0.05, 0.1) is 6.42 Å². The van der Waals surface area contributed by atoms with Crippen molar-refractivity contribution in [3.05, 3.63) is 108 Å². The van der Waals surface area contributed by atoms with Crippen LogP contribution in [0.1, 0.15) is 48.8 Å². The first-order valence-electron chi connectivity index (χ1n) is 16.4. The fourth-order valence-corrected chi connectivity index (χ4v) is 7.25. The number of piperidine rings is 1. The highest BCUT2D eigenvalue weighted by Gasteiger charge is 2.56. The zero-order chi connectivity index (χ0) is 31.1. The highest BCUT2D eigenvalue weighted by molar-refractivity contribution is 6.01. The number of ether oxygens (including phenoxy) is 1. The molecule has 0 bridgehead atoms. The van der Waals surface area contributed by atoms with Crippen molar-refractivity contribution in [2.24, 2.45) is 0 Å². The Morgan fingerprint density at radius 2 is 1.42 bits per heavy atom. The van der Waals surface area contributed by atoms with Crippen LogP contribution in [0, 0.1) is 0 Å². The molecule has 2 unspecified atom stereocenters. The number of amides is 2. The van der Waals surface area contributed by atoms with Crippen LogP contribution >= 0.6 is 0 Å². The first kappa shape index (κ1) is 31.0. The summed E-state index contributed by atoms with van der Waals surface area (Å²) in [7, 11) is 0. The van der Waals surface area contributed by atoms with Gasteiger partial charge in [-0.2, -0.15) is 0 Å². The summed E-state index contributed by atoms with van der Waals surface area (Å²) in [6, 6.07) is 29.4. The number of aryl methyl sites for hydroxylation is 1. The normalized spacial score (nSPS) is 22.0. The van der Waals surface area contributed by atoms with Gasteiger partial charge in [-0.25, -0.2) is 0 Å².